The first-order valence-corrected chi connectivity index (χ1v) is 3.45. The van der Waals surface area contributed by atoms with Gasteiger partial charge in [0.15, 0.2) is 5.78 Å². The number of ketones is 1. The van der Waals surface area contributed by atoms with Crippen molar-refractivity contribution >= 4 is 17.5 Å². The Balaban J connectivity index is 2.94. The maximum absolute atomic E-state index is 11.0. The predicted molar refractivity (Wildman–Crippen MR) is 39.9 cm³/mol. The largest absolute Gasteiger partial charge is 0.478 e. The highest BCUT2D eigenvalue weighted by Crippen LogP contribution is 2.25. The maximum atomic E-state index is 11.0. The fraction of sp³-hybridized carbons (Fsp3) is 0.571. The normalized spacial score (nSPS) is 27.7. The highest BCUT2D eigenvalue weighted by molar-refractivity contribution is 6.10. The Bertz CT molecular complexity index is 255. The molecule has 0 amide bonds. The SMILES string of the molecule is CC(=O)C1(C(=O)O)CC(C)=NO1. The lowest BCUT2D eigenvalue weighted by molar-refractivity contribution is -0.168. The molecule has 5 heteroatoms. The monoisotopic (exact) mass is 171 g/mol. The molecule has 0 aromatic carbocycles. The van der Waals surface area contributed by atoms with Gasteiger partial charge in [-0.1, -0.05) is 5.16 Å². The summed E-state index contributed by atoms with van der Waals surface area (Å²) in [7, 11) is 0. The van der Waals surface area contributed by atoms with Crippen LogP contribution < -0.4 is 0 Å². The Hall–Kier alpha value is -1.39. The third kappa shape index (κ3) is 1.07. The summed E-state index contributed by atoms with van der Waals surface area (Å²) in [6.45, 7) is 2.80. The molecule has 0 aromatic rings. The van der Waals surface area contributed by atoms with Gasteiger partial charge in [0.05, 0.1) is 12.1 Å². The number of carboxylic acids is 1. The van der Waals surface area contributed by atoms with E-state index in [-0.39, 0.29) is 6.42 Å². The van der Waals surface area contributed by atoms with Crippen LogP contribution in [0.15, 0.2) is 5.16 Å². The molecule has 0 saturated carbocycles. The number of carbonyl (C=O) groups is 2. The molecule has 0 fully saturated rings. The molecule has 66 valence electrons. The first-order valence-electron chi connectivity index (χ1n) is 3.45. The Morgan fingerprint density at radius 2 is 2.25 bits per heavy atom. The van der Waals surface area contributed by atoms with E-state index in [1.54, 1.807) is 6.92 Å². The van der Waals surface area contributed by atoms with Crippen molar-refractivity contribution in [1.82, 2.24) is 0 Å². The smallest absolute Gasteiger partial charge is 0.359 e. The molecule has 0 aromatic heterocycles. The average Bonchev–Trinajstić information content (AvgIpc) is 2.32. The van der Waals surface area contributed by atoms with Gasteiger partial charge in [0.2, 0.25) is 0 Å². The molecule has 0 radical (unpaired) electrons. The lowest BCUT2D eigenvalue weighted by atomic mass is 9.94. The number of carbonyl (C=O) groups excluding carboxylic acids is 1. The van der Waals surface area contributed by atoms with Gasteiger partial charge in [0.25, 0.3) is 5.60 Å². The summed E-state index contributed by atoms with van der Waals surface area (Å²) in [5.41, 5.74) is -1.24. The highest BCUT2D eigenvalue weighted by atomic mass is 16.7. The van der Waals surface area contributed by atoms with Crippen LogP contribution in [0.5, 0.6) is 0 Å². The molecule has 1 aliphatic rings. The highest BCUT2D eigenvalue weighted by Gasteiger charge is 2.50. The fourth-order valence-corrected chi connectivity index (χ4v) is 1.03. The van der Waals surface area contributed by atoms with E-state index in [9.17, 15) is 9.59 Å². The van der Waals surface area contributed by atoms with E-state index in [2.05, 4.69) is 9.99 Å². The summed E-state index contributed by atoms with van der Waals surface area (Å²) in [6, 6.07) is 0. The van der Waals surface area contributed by atoms with Crippen LogP contribution in [0.25, 0.3) is 0 Å². The van der Waals surface area contributed by atoms with Gasteiger partial charge in [-0.05, 0) is 13.8 Å². The zero-order valence-electron chi connectivity index (χ0n) is 6.83. The summed E-state index contributed by atoms with van der Waals surface area (Å²) in [5.74, 6) is -1.81. The molecule has 0 spiro atoms. The first-order chi connectivity index (χ1) is 5.49. The number of nitrogens with zero attached hydrogens (tertiary/aromatic N) is 1. The molecular weight excluding hydrogens is 162 g/mol. The molecule has 0 bridgehead atoms. The van der Waals surface area contributed by atoms with E-state index in [0.717, 1.165) is 0 Å². The third-order valence-electron chi connectivity index (χ3n) is 1.78. The van der Waals surface area contributed by atoms with E-state index >= 15 is 0 Å². The van der Waals surface area contributed by atoms with Crippen molar-refractivity contribution in [2.24, 2.45) is 5.16 Å². The molecule has 12 heavy (non-hydrogen) atoms. The van der Waals surface area contributed by atoms with E-state index in [1.165, 1.54) is 6.92 Å². The Morgan fingerprint density at radius 3 is 2.42 bits per heavy atom. The number of oxime groups is 1. The number of hydrogen-bond acceptors (Lipinski definition) is 4. The van der Waals surface area contributed by atoms with Gasteiger partial charge in [-0.2, -0.15) is 0 Å². The molecule has 0 saturated heterocycles. The van der Waals surface area contributed by atoms with Crippen LogP contribution in [0, 0.1) is 0 Å². The van der Waals surface area contributed by atoms with Gasteiger partial charge in [0, 0.05) is 0 Å². The van der Waals surface area contributed by atoms with Crippen molar-refractivity contribution < 1.29 is 19.5 Å². The predicted octanol–water partition coefficient (Wildman–Crippen LogP) is 0.195. The van der Waals surface area contributed by atoms with Crippen LogP contribution in [-0.2, 0) is 14.4 Å². The number of rotatable bonds is 2. The van der Waals surface area contributed by atoms with Crippen LogP contribution in [0.3, 0.4) is 0 Å². The average molecular weight is 171 g/mol. The number of aliphatic carboxylic acids is 1. The molecule has 0 aliphatic carbocycles. The lowest BCUT2D eigenvalue weighted by Crippen LogP contribution is -2.45. The lowest BCUT2D eigenvalue weighted by Gasteiger charge is -2.17. The van der Waals surface area contributed by atoms with Crippen molar-refractivity contribution in [2.45, 2.75) is 25.9 Å². The van der Waals surface area contributed by atoms with Gasteiger partial charge in [-0.15, -0.1) is 0 Å². The van der Waals surface area contributed by atoms with E-state index < -0.39 is 17.4 Å². The number of Topliss-reactive ketones (excluding diaryl/α,β-unsaturated/α-hetero) is 1. The van der Waals surface area contributed by atoms with Gasteiger partial charge in [-0.3, -0.25) is 4.79 Å². The maximum Gasteiger partial charge on any atom is 0.359 e. The van der Waals surface area contributed by atoms with Crippen LogP contribution >= 0.6 is 0 Å². The second-order valence-electron chi connectivity index (χ2n) is 2.78. The third-order valence-corrected chi connectivity index (χ3v) is 1.78. The Morgan fingerprint density at radius 1 is 1.67 bits per heavy atom. The van der Waals surface area contributed by atoms with Crippen molar-refractivity contribution in [3.8, 4) is 0 Å². The van der Waals surface area contributed by atoms with Gasteiger partial charge in [0.1, 0.15) is 0 Å². The van der Waals surface area contributed by atoms with E-state index in [1.807, 2.05) is 0 Å². The van der Waals surface area contributed by atoms with Crippen LogP contribution in [0.1, 0.15) is 20.3 Å². The number of hydrogen-bond donors (Lipinski definition) is 1. The quantitative estimate of drug-likeness (QED) is 0.602. The van der Waals surface area contributed by atoms with Crippen LogP contribution in [0.4, 0.5) is 0 Å². The molecular formula is C7H9NO4. The Labute approximate surface area is 69.0 Å². The second-order valence-corrected chi connectivity index (χ2v) is 2.78. The summed E-state index contributed by atoms with van der Waals surface area (Å²) < 4.78 is 0. The van der Waals surface area contributed by atoms with Crippen LogP contribution in [0.2, 0.25) is 0 Å². The topological polar surface area (TPSA) is 76.0 Å². The zero-order chi connectivity index (χ0) is 9.35. The molecule has 5 nitrogen and oxygen atoms in total. The van der Waals surface area contributed by atoms with E-state index in [4.69, 9.17) is 5.11 Å². The van der Waals surface area contributed by atoms with E-state index in [0.29, 0.717) is 5.71 Å². The molecule has 1 rings (SSSR count). The Kier molecular flexibility index (Phi) is 1.87. The minimum atomic E-state index is -1.76. The van der Waals surface area contributed by atoms with Crippen molar-refractivity contribution in [1.29, 1.82) is 0 Å². The summed E-state index contributed by atoms with van der Waals surface area (Å²) >= 11 is 0. The minimum Gasteiger partial charge on any atom is -0.478 e. The molecule has 1 atom stereocenters. The molecule has 1 unspecified atom stereocenters. The first kappa shape index (κ1) is 8.70. The molecule has 1 aliphatic heterocycles. The number of carboxylic acid groups (broad SMARTS) is 1. The van der Waals surface area contributed by atoms with Crippen molar-refractivity contribution in [3.63, 3.8) is 0 Å². The second kappa shape index (κ2) is 2.58. The van der Waals surface area contributed by atoms with Gasteiger partial charge < -0.3 is 9.94 Å². The molecule has 1 heterocycles. The minimum absolute atomic E-state index is 0.0394. The van der Waals surface area contributed by atoms with Crippen molar-refractivity contribution in [2.75, 3.05) is 0 Å². The molecule has 1 N–H and O–H groups in total. The summed E-state index contributed by atoms with van der Waals surface area (Å²) in [5, 5.41) is 12.2. The van der Waals surface area contributed by atoms with Crippen LogP contribution in [-0.4, -0.2) is 28.2 Å². The fourth-order valence-electron chi connectivity index (χ4n) is 1.03. The van der Waals surface area contributed by atoms with Crippen molar-refractivity contribution in [3.05, 3.63) is 0 Å². The summed E-state index contributed by atoms with van der Waals surface area (Å²) in [6.07, 6.45) is 0.0394. The zero-order valence-corrected chi connectivity index (χ0v) is 6.83. The van der Waals surface area contributed by atoms with Gasteiger partial charge in [-0.25, -0.2) is 4.79 Å². The summed E-state index contributed by atoms with van der Waals surface area (Å²) in [4.78, 5) is 26.3. The standard InChI is InChI=1S/C7H9NO4/c1-4-3-7(5(2)9,6(10)11)12-8-4/h3H2,1-2H3,(H,10,11). The van der Waals surface area contributed by atoms with Gasteiger partial charge >= 0.3 is 5.97 Å².